The summed E-state index contributed by atoms with van der Waals surface area (Å²) < 4.78 is 4.27. The number of para-hydroxylation sites is 1. The summed E-state index contributed by atoms with van der Waals surface area (Å²) in [6.07, 6.45) is 5.86. The van der Waals surface area contributed by atoms with Crippen molar-refractivity contribution < 1.29 is 24.2 Å². The second-order valence-corrected chi connectivity index (χ2v) is 13.8. The molecule has 40 heavy (non-hydrogen) atoms. The van der Waals surface area contributed by atoms with E-state index in [-0.39, 0.29) is 37.5 Å². The van der Waals surface area contributed by atoms with Crippen LogP contribution in [0.1, 0.15) is 52.0 Å². The predicted molar refractivity (Wildman–Crippen MR) is 160 cm³/mol. The zero-order valence-electron chi connectivity index (χ0n) is 23.9. The normalized spacial score (nSPS) is 30.1. The fourth-order valence-electron chi connectivity index (χ4n) is 7.04. The number of hydrogen-bond donors (Lipinski definition) is 1. The van der Waals surface area contributed by atoms with Gasteiger partial charge in [-0.15, -0.1) is 24.9 Å². The first-order chi connectivity index (χ1) is 19.0. The van der Waals surface area contributed by atoms with Gasteiger partial charge in [0.15, 0.2) is 0 Å². The van der Waals surface area contributed by atoms with Crippen molar-refractivity contribution in [3.05, 3.63) is 54.1 Å². The zero-order chi connectivity index (χ0) is 29.4. The molecule has 4 rings (SSSR count). The predicted octanol–water partition coefficient (Wildman–Crippen LogP) is 5.18. The van der Waals surface area contributed by atoms with Crippen molar-refractivity contribution >= 4 is 46.8 Å². The van der Waals surface area contributed by atoms with Crippen LogP contribution in [0.3, 0.4) is 0 Å². The van der Waals surface area contributed by atoms with E-state index in [0.29, 0.717) is 36.4 Å². The average molecular weight is 589 g/mol. The Kier molecular flexibility index (Phi) is 9.13. The molecular formula is C31H41ClN2O5S. The first-order valence-electron chi connectivity index (χ1n) is 14.1. The third-order valence-corrected chi connectivity index (χ3v) is 11.4. The molecule has 3 aliphatic heterocycles. The molecule has 2 bridgehead atoms. The summed E-state index contributed by atoms with van der Waals surface area (Å²) in [4.78, 5) is 46.1. The summed E-state index contributed by atoms with van der Waals surface area (Å²) in [5.41, 5.74) is 1.40. The van der Waals surface area contributed by atoms with Crippen molar-refractivity contribution in [2.45, 2.75) is 75.0 Å². The van der Waals surface area contributed by atoms with Gasteiger partial charge >= 0.3 is 5.97 Å². The lowest BCUT2D eigenvalue weighted by Crippen LogP contribution is -2.59. The Bertz CT molecular complexity index is 1170. The van der Waals surface area contributed by atoms with Crippen LogP contribution in [0.15, 0.2) is 43.5 Å². The smallest absolute Gasteiger partial charge is 0.311 e. The molecule has 7 nitrogen and oxygen atoms in total. The van der Waals surface area contributed by atoms with Crippen LogP contribution >= 0.6 is 23.4 Å². The molecular weight excluding hydrogens is 548 g/mol. The average Bonchev–Trinajstić information content (AvgIpc) is 3.49. The number of hydrogen-bond acceptors (Lipinski definition) is 6. The Morgan fingerprint density at radius 3 is 2.65 bits per heavy atom. The van der Waals surface area contributed by atoms with E-state index >= 15 is 0 Å². The van der Waals surface area contributed by atoms with Crippen molar-refractivity contribution in [1.82, 2.24) is 4.90 Å². The number of aliphatic hydroxyl groups is 1. The van der Waals surface area contributed by atoms with E-state index < -0.39 is 39.4 Å². The van der Waals surface area contributed by atoms with Gasteiger partial charge in [0, 0.05) is 11.3 Å². The highest BCUT2D eigenvalue weighted by Crippen LogP contribution is 2.72. The van der Waals surface area contributed by atoms with Gasteiger partial charge in [-0.2, -0.15) is 0 Å². The molecule has 2 amide bonds. The fourth-order valence-corrected chi connectivity index (χ4v) is 9.69. The lowest BCUT2D eigenvalue weighted by molar-refractivity contribution is -0.156. The number of amides is 2. The Hall–Kier alpha value is -2.29. The van der Waals surface area contributed by atoms with Crippen molar-refractivity contribution in [2.24, 2.45) is 17.8 Å². The highest BCUT2D eigenvalue weighted by Gasteiger charge is 2.78. The van der Waals surface area contributed by atoms with Gasteiger partial charge < -0.3 is 19.6 Å². The van der Waals surface area contributed by atoms with Gasteiger partial charge in [-0.1, -0.05) is 56.2 Å². The lowest BCUT2D eigenvalue weighted by Gasteiger charge is -2.41. The molecule has 1 N–H and O–H groups in total. The molecule has 9 heteroatoms. The summed E-state index contributed by atoms with van der Waals surface area (Å²) in [5.74, 6) is -2.41. The molecule has 3 fully saturated rings. The van der Waals surface area contributed by atoms with E-state index in [1.165, 1.54) is 0 Å². The fraction of sp³-hybridized carbons (Fsp3) is 0.581. The van der Waals surface area contributed by atoms with E-state index in [2.05, 4.69) is 13.2 Å². The van der Waals surface area contributed by atoms with Gasteiger partial charge in [-0.3, -0.25) is 14.4 Å². The third-order valence-electron chi connectivity index (χ3n) is 9.15. The van der Waals surface area contributed by atoms with Crippen LogP contribution in [-0.4, -0.2) is 69.1 Å². The molecule has 1 spiro atoms. The highest BCUT2D eigenvalue weighted by atomic mass is 35.5. The van der Waals surface area contributed by atoms with Gasteiger partial charge in [0.2, 0.25) is 5.91 Å². The maximum atomic E-state index is 14.8. The van der Waals surface area contributed by atoms with Crippen molar-refractivity contribution in [3.8, 4) is 0 Å². The second kappa shape index (κ2) is 11.9. The number of aryl methyl sites for hydroxylation is 1. The van der Waals surface area contributed by atoms with Crippen molar-refractivity contribution in [1.29, 1.82) is 0 Å². The van der Waals surface area contributed by atoms with Gasteiger partial charge in [0.1, 0.15) is 6.04 Å². The van der Waals surface area contributed by atoms with Gasteiger partial charge in [-0.25, -0.2) is 0 Å². The number of carbonyl (C=O) groups is 3. The van der Waals surface area contributed by atoms with Gasteiger partial charge in [0.25, 0.3) is 5.91 Å². The molecule has 2 unspecified atom stereocenters. The number of carbonyl (C=O) groups excluding carboxylic acids is 3. The van der Waals surface area contributed by atoms with Crippen molar-refractivity contribution in [3.63, 3.8) is 0 Å². The monoisotopic (exact) mass is 588 g/mol. The number of nitrogens with zero attached hydrogens (tertiary/aromatic N) is 2. The van der Waals surface area contributed by atoms with E-state index in [1.54, 1.807) is 39.8 Å². The number of fused-ring (bicyclic) bond motifs is 1. The molecule has 0 saturated carbocycles. The van der Waals surface area contributed by atoms with E-state index in [4.69, 9.17) is 16.3 Å². The Morgan fingerprint density at radius 1 is 1.32 bits per heavy atom. The van der Waals surface area contributed by atoms with Crippen LogP contribution < -0.4 is 4.90 Å². The van der Waals surface area contributed by atoms with Crippen LogP contribution in [0.5, 0.6) is 0 Å². The quantitative estimate of drug-likeness (QED) is 0.206. The maximum absolute atomic E-state index is 14.8. The van der Waals surface area contributed by atoms with Crippen LogP contribution in [0.2, 0.25) is 5.02 Å². The summed E-state index contributed by atoms with van der Waals surface area (Å²) in [6, 6.07) is 4.01. The maximum Gasteiger partial charge on any atom is 0.311 e. The number of likely N-dealkylation sites (tertiary alicyclic amines) is 1. The summed E-state index contributed by atoms with van der Waals surface area (Å²) in [5, 5.41) is 11.0. The van der Waals surface area contributed by atoms with E-state index in [0.717, 1.165) is 5.56 Å². The third kappa shape index (κ3) is 4.80. The topological polar surface area (TPSA) is 87.1 Å². The number of esters is 1. The van der Waals surface area contributed by atoms with Crippen LogP contribution in [0, 0.1) is 24.7 Å². The minimum atomic E-state index is -0.885. The largest absolute Gasteiger partial charge is 0.465 e. The van der Waals surface area contributed by atoms with Crippen molar-refractivity contribution in [2.75, 3.05) is 24.7 Å². The number of ether oxygens (including phenoxy) is 1. The van der Waals surface area contributed by atoms with Crippen LogP contribution in [0.25, 0.3) is 0 Å². The number of rotatable bonds is 12. The Balaban J connectivity index is 1.87. The molecule has 0 aromatic heterocycles. The SMILES string of the molecule is C=CCCOC(=O)[C@@H]1[C@H]2C(=O)N([C@@H](CO)[C@@H](C)CC)C(C(=O)N(CC=C)c3c(C)cccc3Cl)C23CC[C@@]1(C)S3. The first-order valence-corrected chi connectivity index (χ1v) is 15.3. The molecule has 3 saturated heterocycles. The molecule has 0 aliphatic carbocycles. The van der Waals surface area contributed by atoms with E-state index in [9.17, 15) is 19.5 Å². The zero-order valence-corrected chi connectivity index (χ0v) is 25.5. The molecule has 3 heterocycles. The summed E-state index contributed by atoms with van der Waals surface area (Å²) in [6.45, 7) is 15.6. The Morgan fingerprint density at radius 2 is 2.05 bits per heavy atom. The molecule has 218 valence electrons. The van der Waals surface area contributed by atoms with E-state index in [1.807, 2.05) is 39.8 Å². The second-order valence-electron chi connectivity index (χ2n) is 11.5. The molecule has 1 aromatic rings. The van der Waals surface area contributed by atoms with Crippen LogP contribution in [0.4, 0.5) is 5.69 Å². The minimum Gasteiger partial charge on any atom is -0.465 e. The summed E-state index contributed by atoms with van der Waals surface area (Å²) in [7, 11) is 0. The number of anilines is 1. The number of aliphatic hydroxyl groups excluding tert-OH is 1. The van der Waals surface area contributed by atoms with Gasteiger partial charge in [0.05, 0.1) is 46.5 Å². The van der Waals surface area contributed by atoms with Crippen LogP contribution in [-0.2, 0) is 19.1 Å². The number of thioether (sulfide) groups is 1. The minimum absolute atomic E-state index is 0.0647. The molecule has 0 radical (unpaired) electrons. The number of halogens is 1. The molecule has 1 aromatic carbocycles. The summed E-state index contributed by atoms with van der Waals surface area (Å²) >= 11 is 8.24. The number of benzene rings is 1. The standard InChI is InChI=1S/C31H41ClN2O5S/c1-7-10-17-39-29(38)24-23-27(36)34(22(18-35)19(4)9-3)26(31(23)15-14-30(24,6)40-31)28(37)33(16-8-2)25-20(5)12-11-13-21(25)32/h7-8,11-13,19,22-24,26,35H,1-2,9-10,14-18H2,3-6H3/t19-,22-,23-,24-,26?,30+,31?/m0/s1. The molecule has 7 atom stereocenters. The molecule has 3 aliphatic rings. The van der Waals surface area contributed by atoms with Gasteiger partial charge in [-0.05, 0) is 50.7 Å². The highest BCUT2D eigenvalue weighted by molar-refractivity contribution is 8.02. The first kappa shape index (κ1) is 30.7. The Labute approximate surface area is 246 Å². The lowest BCUT2D eigenvalue weighted by atomic mass is 9.66.